The molecule has 3 aromatic rings. The van der Waals surface area contributed by atoms with Gasteiger partial charge in [0.2, 0.25) is 11.9 Å². The van der Waals surface area contributed by atoms with Crippen molar-refractivity contribution in [1.29, 1.82) is 0 Å². The molecule has 10 nitrogen and oxygen atoms in total. The molecule has 4 heterocycles. The van der Waals surface area contributed by atoms with Crippen LogP contribution >= 0.6 is 0 Å². The average Bonchev–Trinajstić information content (AvgIpc) is 3.18. The summed E-state index contributed by atoms with van der Waals surface area (Å²) < 4.78 is 7.11. The van der Waals surface area contributed by atoms with E-state index in [2.05, 4.69) is 15.0 Å². The molecule has 2 N–H and O–H groups in total. The number of hydrogen-bond donors (Lipinski definition) is 1. The first-order valence-electron chi connectivity index (χ1n) is 10.2. The highest BCUT2D eigenvalue weighted by Gasteiger charge is 2.21. The van der Waals surface area contributed by atoms with Gasteiger partial charge in [-0.2, -0.15) is 10.1 Å². The van der Waals surface area contributed by atoms with Crippen LogP contribution in [0.25, 0.3) is 22.3 Å². The van der Waals surface area contributed by atoms with Crippen LogP contribution in [0.15, 0.2) is 24.5 Å². The summed E-state index contributed by atoms with van der Waals surface area (Å²) in [6.07, 6.45) is 3.40. The van der Waals surface area contributed by atoms with Gasteiger partial charge < -0.3 is 20.3 Å². The zero-order valence-corrected chi connectivity index (χ0v) is 17.3. The van der Waals surface area contributed by atoms with Crippen molar-refractivity contribution in [2.45, 2.75) is 20.4 Å². The first-order chi connectivity index (χ1) is 14.6. The number of fused-ring (bicyclic) bond motifs is 1. The summed E-state index contributed by atoms with van der Waals surface area (Å²) in [6.45, 7) is 8.04. The molecule has 0 aromatic carbocycles. The highest BCUT2D eigenvalue weighted by molar-refractivity contribution is 5.91. The van der Waals surface area contributed by atoms with Crippen molar-refractivity contribution < 1.29 is 9.53 Å². The van der Waals surface area contributed by atoms with E-state index in [4.69, 9.17) is 20.4 Å². The Hall–Kier alpha value is -3.27. The van der Waals surface area contributed by atoms with Crippen LogP contribution in [0.3, 0.4) is 0 Å². The molecule has 0 radical (unpaired) electrons. The fourth-order valence-electron chi connectivity index (χ4n) is 3.53. The van der Waals surface area contributed by atoms with Crippen molar-refractivity contribution in [3.8, 4) is 11.3 Å². The fraction of sp³-hybridized carbons (Fsp3) is 0.450. The van der Waals surface area contributed by atoms with Crippen molar-refractivity contribution in [3.63, 3.8) is 0 Å². The van der Waals surface area contributed by atoms with E-state index in [0.29, 0.717) is 56.8 Å². The lowest BCUT2D eigenvalue weighted by molar-refractivity contribution is -0.131. The van der Waals surface area contributed by atoms with Gasteiger partial charge in [0.25, 0.3) is 0 Å². The largest absolute Gasteiger partial charge is 0.384 e. The van der Waals surface area contributed by atoms with Crippen LogP contribution in [-0.4, -0.2) is 74.9 Å². The van der Waals surface area contributed by atoms with Crippen LogP contribution in [-0.2, 0) is 16.1 Å². The summed E-state index contributed by atoms with van der Waals surface area (Å²) in [7, 11) is 0. The van der Waals surface area contributed by atoms with E-state index in [1.54, 1.807) is 28.0 Å². The van der Waals surface area contributed by atoms with Gasteiger partial charge in [-0.1, -0.05) is 0 Å². The monoisotopic (exact) mass is 410 g/mol. The maximum atomic E-state index is 12.7. The molecule has 1 saturated heterocycles. The number of nitrogens with two attached hydrogens (primary N) is 1. The number of amides is 1. The van der Waals surface area contributed by atoms with Crippen LogP contribution in [0.1, 0.15) is 13.8 Å². The van der Waals surface area contributed by atoms with Crippen molar-refractivity contribution >= 4 is 28.7 Å². The Bertz CT molecular complexity index is 1020. The number of carbonyl (C=O) groups is 1. The van der Waals surface area contributed by atoms with Crippen molar-refractivity contribution in [1.82, 2.24) is 29.6 Å². The number of rotatable bonds is 6. The minimum absolute atomic E-state index is 0.00670. The molecule has 10 heteroatoms. The second-order valence-corrected chi connectivity index (χ2v) is 7.05. The third-order valence-electron chi connectivity index (χ3n) is 5.24. The quantitative estimate of drug-likeness (QED) is 0.644. The topological polar surface area (TPSA) is 115 Å². The number of anilines is 2. The molecular weight excluding hydrogens is 384 g/mol. The van der Waals surface area contributed by atoms with Gasteiger partial charge in [0, 0.05) is 37.9 Å². The summed E-state index contributed by atoms with van der Waals surface area (Å²) in [4.78, 5) is 30.3. The first-order valence-corrected chi connectivity index (χ1v) is 10.2. The Labute approximate surface area is 174 Å². The molecule has 158 valence electrons. The van der Waals surface area contributed by atoms with Gasteiger partial charge in [0.05, 0.1) is 30.5 Å². The number of nitrogen functional groups attached to an aromatic ring is 1. The molecule has 4 rings (SSSR count). The Morgan fingerprint density at radius 1 is 1.17 bits per heavy atom. The summed E-state index contributed by atoms with van der Waals surface area (Å²) in [5.74, 6) is 1.04. The Kier molecular flexibility index (Phi) is 5.75. The van der Waals surface area contributed by atoms with Crippen molar-refractivity contribution in [2.75, 3.05) is 50.0 Å². The molecule has 1 fully saturated rings. The minimum Gasteiger partial charge on any atom is -0.384 e. The number of hydrogen-bond acceptors (Lipinski definition) is 8. The predicted molar refractivity (Wildman–Crippen MR) is 114 cm³/mol. The van der Waals surface area contributed by atoms with Crippen LogP contribution in [0.2, 0.25) is 0 Å². The number of ether oxygens (including phenoxy) is 1. The molecule has 3 aromatic heterocycles. The average molecular weight is 410 g/mol. The van der Waals surface area contributed by atoms with Gasteiger partial charge in [-0.15, -0.1) is 0 Å². The Morgan fingerprint density at radius 3 is 2.60 bits per heavy atom. The molecule has 0 spiro atoms. The molecule has 0 atom stereocenters. The third kappa shape index (κ3) is 3.90. The molecule has 30 heavy (non-hydrogen) atoms. The molecule has 0 bridgehead atoms. The van der Waals surface area contributed by atoms with Gasteiger partial charge in [-0.3, -0.25) is 4.79 Å². The molecular formula is C20H26N8O2. The predicted octanol–water partition coefficient (Wildman–Crippen LogP) is 1.18. The Morgan fingerprint density at radius 2 is 1.93 bits per heavy atom. The van der Waals surface area contributed by atoms with Gasteiger partial charge in [-0.25, -0.2) is 14.6 Å². The second-order valence-electron chi connectivity index (χ2n) is 7.05. The van der Waals surface area contributed by atoms with Gasteiger partial charge in [-0.05, 0) is 26.0 Å². The summed E-state index contributed by atoms with van der Waals surface area (Å²) >= 11 is 0. The van der Waals surface area contributed by atoms with Crippen LogP contribution < -0.4 is 10.6 Å². The zero-order valence-electron chi connectivity index (χ0n) is 17.3. The number of morpholine rings is 1. The summed E-state index contributed by atoms with van der Waals surface area (Å²) in [5, 5.41) is 5.22. The number of pyridine rings is 1. The lowest BCUT2D eigenvalue weighted by Gasteiger charge is -2.27. The number of nitrogens with zero attached hydrogens (tertiary/aromatic N) is 7. The van der Waals surface area contributed by atoms with Crippen molar-refractivity contribution in [3.05, 3.63) is 24.5 Å². The molecule has 0 saturated carbocycles. The highest BCUT2D eigenvalue weighted by Crippen LogP contribution is 2.28. The third-order valence-corrected chi connectivity index (χ3v) is 5.24. The van der Waals surface area contributed by atoms with E-state index < -0.39 is 0 Å². The number of aromatic nitrogens is 5. The standard InChI is InChI=1S/C20H26N8O2/c1-3-26(4-2)17(29)13-28-19-15(12-23-28)18(14-5-6-16(21)22-11-14)24-20(25-19)27-7-9-30-10-8-27/h5-6,11-12H,3-4,7-10,13H2,1-2H3,(H2,21,22). The highest BCUT2D eigenvalue weighted by atomic mass is 16.5. The minimum atomic E-state index is 0.00670. The van der Waals surface area contributed by atoms with Crippen LogP contribution in [0.5, 0.6) is 0 Å². The van der Waals surface area contributed by atoms with E-state index in [1.807, 2.05) is 19.9 Å². The van der Waals surface area contributed by atoms with Crippen molar-refractivity contribution in [2.24, 2.45) is 0 Å². The van der Waals surface area contributed by atoms with E-state index in [-0.39, 0.29) is 12.5 Å². The maximum Gasteiger partial charge on any atom is 0.244 e. The SMILES string of the molecule is CCN(CC)C(=O)Cn1ncc2c(-c3ccc(N)nc3)nc(N3CCOCC3)nc21. The normalized spacial score (nSPS) is 14.3. The summed E-state index contributed by atoms with van der Waals surface area (Å²) in [6, 6.07) is 3.62. The number of carbonyl (C=O) groups excluding carboxylic acids is 1. The zero-order chi connectivity index (χ0) is 21.1. The van der Waals surface area contributed by atoms with E-state index in [1.165, 1.54) is 0 Å². The van der Waals surface area contributed by atoms with Gasteiger partial charge in [0.1, 0.15) is 12.4 Å². The Balaban J connectivity index is 1.80. The van der Waals surface area contributed by atoms with Crippen LogP contribution in [0, 0.1) is 0 Å². The lowest BCUT2D eigenvalue weighted by Crippen LogP contribution is -2.37. The first kappa shape index (κ1) is 20.0. The van der Waals surface area contributed by atoms with E-state index >= 15 is 0 Å². The molecule has 0 unspecified atom stereocenters. The van der Waals surface area contributed by atoms with Gasteiger partial charge in [0.15, 0.2) is 5.65 Å². The van der Waals surface area contributed by atoms with E-state index in [9.17, 15) is 4.79 Å². The summed E-state index contributed by atoms with van der Waals surface area (Å²) in [5.41, 5.74) is 7.92. The molecule has 1 aliphatic rings. The molecule has 0 aliphatic carbocycles. The van der Waals surface area contributed by atoms with Crippen LogP contribution in [0.4, 0.5) is 11.8 Å². The molecule has 1 aliphatic heterocycles. The number of likely N-dealkylation sites (N-methyl/N-ethyl adjacent to an activating group) is 1. The second kappa shape index (κ2) is 8.62. The molecule has 1 amide bonds. The van der Waals surface area contributed by atoms with Gasteiger partial charge >= 0.3 is 0 Å². The van der Waals surface area contributed by atoms with E-state index in [0.717, 1.165) is 16.6 Å². The smallest absolute Gasteiger partial charge is 0.244 e. The lowest BCUT2D eigenvalue weighted by atomic mass is 10.1. The maximum absolute atomic E-state index is 12.7. The fourth-order valence-corrected chi connectivity index (χ4v) is 3.53.